The van der Waals surface area contributed by atoms with Gasteiger partial charge in [-0.25, -0.2) is 23.5 Å². The zero-order valence-electron chi connectivity index (χ0n) is 22.7. The second-order valence-corrected chi connectivity index (χ2v) is 10.1. The van der Waals surface area contributed by atoms with Crippen molar-refractivity contribution in [2.45, 2.75) is 32.1 Å². The maximum absolute atomic E-state index is 15.5. The van der Waals surface area contributed by atoms with Gasteiger partial charge in [-0.3, -0.25) is 9.78 Å². The molecular weight excluding hydrogens is 560 g/mol. The first-order valence-electron chi connectivity index (χ1n) is 13.4. The fourth-order valence-electron chi connectivity index (χ4n) is 4.82. The van der Waals surface area contributed by atoms with Gasteiger partial charge in [-0.1, -0.05) is 12.1 Å². The molecule has 0 spiro atoms. The van der Waals surface area contributed by atoms with Gasteiger partial charge >= 0.3 is 5.97 Å². The SMILES string of the molecule is NC(=O)c1ccc(COc2cccc(-c3cc(F)c(Cc4nc5ccc(C(=O)O)cc5n4C[C@@H]4CCO4)cc3F)n2)cn1. The zero-order valence-corrected chi connectivity index (χ0v) is 22.7. The Kier molecular flexibility index (Phi) is 7.51. The van der Waals surface area contributed by atoms with Gasteiger partial charge < -0.3 is 24.9 Å². The third kappa shape index (κ3) is 5.90. The fourth-order valence-corrected chi connectivity index (χ4v) is 4.82. The van der Waals surface area contributed by atoms with Crippen LogP contribution < -0.4 is 10.5 Å². The molecule has 1 amide bonds. The molecule has 5 aromatic rings. The number of nitrogens with zero attached hydrogens (tertiary/aromatic N) is 4. The van der Waals surface area contributed by atoms with Gasteiger partial charge in [0.2, 0.25) is 5.88 Å². The molecule has 1 saturated heterocycles. The van der Waals surface area contributed by atoms with Gasteiger partial charge in [-0.2, -0.15) is 0 Å². The maximum Gasteiger partial charge on any atom is 0.335 e. The highest BCUT2D eigenvalue weighted by Crippen LogP contribution is 2.29. The topological polar surface area (TPSA) is 142 Å². The zero-order chi connectivity index (χ0) is 30.1. The Bertz CT molecular complexity index is 1850. The highest BCUT2D eigenvalue weighted by molar-refractivity contribution is 5.92. The minimum Gasteiger partial charge on any atom is -0.478 e. The lowest BCUT2D eigenvalue weighted by atomic mass is 10.0. The average Bonchev–Trinajstić information content (AvgIpc) is 3.31. The molecule has 1 aliphatic heterocycles. The predicted octanol–water partition coefficient (Wildman–Crippen LogP) is 4.53. The Balaban J connectivity index is 1.24. The number of carbonyl (C=O) groups is 2. The molecule has 12 heteroatoms. The molecule has 1 atom stereocenters. The van der Waals surface area contributed by atoms with E-state index in [0.29, 0.717) is 35.6 Å². The Morgan fingerprint density at radius 3 is 2.60 bits per heavy atom. The average molecular weight is 586 g/mol. The van der Waals surface area contributed by atoms with Crippen LogP contribution in [-0.4, -0.2) is 49.2 Å². The number of fused-ring (bicyclic) bond motifs is 1. The number of aromatic carboxylic acids is 1. The van der Waals surface area contributed by atoms with E-state index in [4.69, 9.17) is 15.2 Å². The maximum atomic E-state index is 15.5. The van der Waals surface area contributed by atoms with Crippen molar-refractivity contribution in [2.75, 3.05) is 6.61 Å². The van der Waals surface area contributed by atoms with Gasteiger partial charge in [0.25, 0.3) is 5.91 Å². The summed E-state index contributed by atoms with van der Waals surface area (Å²) >= 11 is 0. The molecule has 0 aliphatic carbocycles. The first kappa shape index (κ1) is 27.9. The van der Waals surface area contributed by atoms with Crippen LogP contribution in [0.2, 0.25) is 0 Å². The lowest BCUT2D eigenvalue weighted by Gasteiger charge is -2.27. The van der Waals surface area contributed by atoms with Gasteiger partial charge in [-0.05, 0) is 54.4 Å². The molecule has 3 N–H and O–H groups in total. The van der Waals surface area contributed by atoms with Crippen LogP contribution in [0.5, 0.6) is 5.88 Å². The molecule has 0 radical (unpaired) electrons. The van der Waals surface area contributed by atoms with Crippen LogP contribution >= 0.6 is 0 Å². The molecule has 43 heavy (non-hydrogen) atoms. The van der Waals surface area contributed by atoms with E-state index in [9.17, 15) is 14.7 Å². The summed E-state index contributed by atoms with van der Waals surface area (Å²) in [5, 5.41) is 9.45. The van der Waals surface area contributed by atoms with E-state index in [-0.39, 0.29) is 53.1 Å². The fraction of sp³-hybridized carbons (Fsp3) is 0.194. The normalized spacial score (nSPS) is 14.4. The molecule has 2 aromatic carbocycles. The summed E-state index contributed by atoms with van der Waals surface area (Å²) in [6, 6.07) is 14.7. The monoisotopic (exact) mass is 585 g/mol. The van der Waals surface area contributed by atoms with Gasteiger partial charge in [0.1, 0.15) is 29.8 Å². The van der Waals surface area contributed by atoms with Crippen molar-refractivity contribution in [3.8, 4) is 17.1 Å². The highest BCUT2D eigenvalue weighted by Gasteiger charge is 2.23. The number of rotatable bonds is 10. The third-order valence-electron chi connectivity index (χ3n) is 7.20. The summed E-state index contributed by atoms with van der Waals surface area (Å²) in [4.78, 5) is 35.7. The molecule has 0 saturated carbocycles. The minimum absolute atomic E-state index is 0.0218. The molecule has 10 nitrogen and oxygen atoms in total. The van der Waals surface area contributed by atoms with Gasteiger partial charge in [0, 0.05) is 36.4 Å². The summed E-state index contributed by atoms with van der Waals surface area (Å²) < 4.78 is 44.0. The molecule has 6 rings (SSSR count). The number of primary amides is 1. The van der Waals surface area contributed by atoms with Crippen molar-refractivity contribution in [1.29, 1.82) is 0 Å². The minimum atomic E-state index is -1.07. The lowest BCUT2D eigenvalue weighted by molar-refractivity contribution is -0.0589. The van der Waals surface area contributed by atoms with Crippen molar-refractivity contribution in [1.82, 2.24) is 19.5 Å². The number of pyridine rings is 2. The smallest absolute Gasteiger partial charge is 0.335 e. The number of imidazole rings is 1. The van der Waals surface area contributed by atoms with Crippen LogP contribution in [0.15, 0.2) is 66.9 Å². The van der Waals surface area contributed by atoms with Crippen LogP contribution in [0.25, 0.3) is 22.3 Å². The standard InChI is InChI=1S/C31H25F2N5O5/c32-22-13-21(24-2-1-3-29(37-24)43-16-17-4-6-26(30(34)39)35-14-17)23(33)10-19(22)12-28-36-25-7-5-18(31(40)41)11-27(25)38(28)15-20-8-9-42-20/h1-7,10-11,13-14,20H,8-9,12,15-16H2,(H2,34,39)(H,40,41)/t20-/m0/s1. The summed E-state index contributed by atoms with van der Waals surface area (Å²) in [7, 11) is 0. The number of ether oxygens (including phenoxy) is 2. The largest absolute Gasteiger partial charge is 0.478 e. The Morgan fingerprint density at radius 2 is 1.91 bits per heavy atom. The Labute approximate surface area is 243 Å². The second-order valence-electron chi connectivity index (χ2n) is 10.1. The van der Waals surface area contributed by atoms with E-state index in [2.05, 4.69) is 15.0 Å². The van der Waals surface area contributed by atoms with Crippen molar-refractivity contribution in [2.24, 2.45) is 5.73 Å². The molecule has 4 heterocycles. The van der Waals surface area contributed by atoms with Crippen LogP contribution in [0.3, 0.4) is 0 Å². The van der Waals surface area contributed by atoms with Gasteiger partial charge in [0.05, 0.1) is 34.9 Å². The Hall–Kier alpha value is -5.23. The van der Waals surface area contributed by atoms with Crippen LogP contribution in [0.4, 0.5) is 8.78 Å². The third-order valence-corrected chi connectivity index (χ3v) is 7.20. The second kappa shape index (κ2) is 11.6. The van der Waals surface area contributed by atoms with E-state index in [1.807, 2.05) is 4.57 Å². The number of carbonyl (C=O) groups excluding carboxylic acids is 1. The number of nitrogens with two attached hydrogens (primary N) is 1. The molecular formula is C31H25F2N5O5. The molecule has 218 valence electrons. The van der Waals surface area contributed by atoms with Crippen LogP contribution in [0, 0.1) is 11.6 Å². The summed E-state index contributed by atoms with van der Waals surface area (Å²) in [6.07, 6.45) is 2.20. The molecule has 1 fully saturated rings. The number of hydrogen-bond donors (Lipinski definition) is 2. The Morgan fingerprint density at radius 1 is 1.07 bits per heavy atom. The first-order chi connectivity index (χ1) is 20.7. The number of halogens is 2. The van der Waals surface area contributed by atoms with E-state index in [1.165, 1.54) is 24.4 Å². The van der Waals surface area contributed by atoms with E-state index in [0.717, 1.165) is 18.6 Å². The number of carboxylic acid groups (broad SMARTS) is 1. The summed E-state index contributed by atoms with van der Waals surface area (Å²) in [6.45, 7) is 1.13. The van der Waals surface area contributed by atoms with Gasteiger partial charge in [-0.15, -0.1) is 0 Å². The summed E-state index contributed by atoms with van der Waals surface area (Å²) in [5.41, 5.74) is 7.46. The van der Waals surface area contributed by atoms with Crippen LogP contribution in [0.1, 0.15) is 44.2 Å². The number of benzene rings is 2. The van der Waals surface area contributed by atoms with E-state index < -0.39 is 23.5 Å². The molecule has 1 aliphatic rings. The number of hydrogen-bond acceptors (Lipinski definition) is 7. The van der Waals surface area contributed by atoms with Crippen molar-refractivity contribution in [3.63, 3.8) is 0 Å². The number of amides is 1. The molecule has 3 aromatic heterocycles. The lowest BCUT2D eigenvalue weighted by Crippen LogP contribution is -2.31. The number of carboxylic acids is 1. The molecule has 0 unspecified atom stereocenters. The highest BCUT2D eigenvalue weighted by atomic mass is 19.1. The predicted molar refractivity (Wildman–Crippen MR) is 151 cm³/mol. The molecule has 0 bridgehead atoms. The van der Waals surface area contributed by atoms with E-state index >= 15 is 8.78 Å². The van der Waals surface area contributed by atoms with E-state index in [1.54, 1.807) is 30.3 Å². The van der Waals surface area contributed by atoms with Crippen molar-refractivity contribution in [3.05, 3.63) is 107 Å². The van der Waals surface area contributed by atoms with Crippen molar-refractivity contribution < 1.29 is 33.0 Å². The van der Waals surface area contributed by atoms with Gasteiger partial charge in [0.15, 0.2) is 0 Å². The van der Waals surface area contributed by atoms with Crippen LogP contribution in [-0.2, 0) is 24.3 Å². The first-order valence-corrected chi connectivity index (χ1v) is 13.4. The number of aromatic nitrogens is 4. The van der Waals surface area contributed by atoms with Crippen molar-refractivity contribution >= 4 is 22.9 Å². The quantitative estimate of drug-likeness (QED) is 0.244. The summed E-state index contributed by atoms with van der Waals surface area (Å²) in [5.74, 6) is -2.38.